The van der Waals surface area contributed by atoms with E-state index in [-0.39, 0.29) is 67.7 Å². The zero-order valence-electron chi connectivity index (χ0n) is 5.97. The Balaban J connectivity index is -0.000000213. The van der Waals surface area contributed by atoms with Gasteiger partial charge < -0.3 is 4.74 Å². The summed E-state index contributed by atoms with van der Waals surface area (Å²) in [5.74, 6) is 0.910. The van der Waals surface area contributed by atoms with Crippen LogP contribution in [0, 0.1) is 0 Å². The maximum Gasteiger partial charge on any atom is 0.118 e. The predicted octanol–water partition coefficient (Wildman–Crippen LogP) is 2.93. The van der Waals surface area contributed by atoms with Gasteiger partial charge in [-0.15, -0.1) is 48.0 Å². The van der Waals surface area contributed by atoms with Gasteiger partial charge >= 0.3 is 0 Å². The molecule has 0 radical (unpaired) electrons. The normalized spacial score (nSPS) is 6.27. The first-order valence-corrected chi connectivity index (χ1v) is 2.52. The number of para-hydroxylation sites is 1. The fraction of sp³-hybridized carbons (Fsp3) is 0.143. The van der Waals surface area contributed by atoms with E-state index in [0.29, 0.717) is 0 Å². The maximum absolute atomic E-state index is 4.91. The van der Waals surface area contributed by atoms with Crippen LogP contribution >= 0.6 is 48.0 Å². The maximum atomic E-state index is 4.91. The van der Waals surface area contributed by atoms with Gasteiger partial charge in [-0.25, -0.2) is 0 Å². The predicted molar refractivity (Wildman–Crippen MR) is 63.8 cm³/mol. The molecule has 4 heteroatoms. The van der Waals surface area contributed by atoms with Gasteiger partial charge in [0.25, 0.3) is 0 Å². The molecular weight excluding hydrogens is 544 g/mol. The number of hydrogen-bond acceptors (Lipinski definition) is 1. The van der Waals surface area contributed by atoms with E-state index in [1.807, 2.05) is 30.3 Å². The Morgan fingerprint density at radius 2 is 1.45 bits per heavy atom. The fourth-order valence-corrected chi connectivity index (χ4v) is 0.557. The summed E-state index contributed by atoms with van der Waals surface area (Å²) >= 11 is 0. The smallest absolute Gasteiger partial charge is 0.118 e. The van der Waals surface area contributed by atoms with Crippen LogP contribution in [0.3, 0.4) is 0 Å². The van der Waals surface area contributed by atoms with E-state index in [9.17, 15) is 0 Å². The summed E-state index contributed by atoms with van der Waals surface area (Å²) < 4.78 is 4.91. The SMILES string of the molecule is COc1ccccc1.I.I.[Os]. The van der Waals surface area contributed by atoms with Crippen molar-refractivity contribution in [3.8, 4) is 5.75 Å². The molecule has 1 aromatic rings. The van der Waals surface area contributed by atoms with Gasteiger partial charge in [0.2, 0.25) is 0 Å². The Morgan fingerprint density at radius 1 is 1.00 bits per heavy atom. The van der Waals surface area contributed by atoms with Crippen LogP contribution in [0.1, 0.15) is 0 Å². The summed E-state index contributed by atoms with van der Waals surface area (Å²) in [6.45, 7) is 0. The molecule has 0 aliphatic rings. The van der Waals surface area contributed by atoms with E-state index in [1.165, 1.54) is 0 Å². The molecule has 0 fully saturated rings. The average molecular weight is 554 g/mol. The largest absolute Gasteiger partial charge is 0.497 e. The molecule has 0 atom stereocenters. The number of methoxy groups -OCH3 is 1. The monoisotopic (exact) mass is 556 g/mol. The summed E-state index contributed by atoms with van der Waals surface area (Å²) in [7, 11) is 1.66. The second-order valence-electron chi connectivity index (χ2n) is 1.52. The Labute approximate surface area is 114 Å². The topological polar surface area (TPSA) is 9.23 Å². The summed E-state index contributed by atoms with van der Waals surface area (Å²) in [6.07, 6.45) is 0. The molecular formula is C7H10I2OOs. The van der Waals surface area contributed by atoms with Gasteiger partial charge in [-0.1, -0.05) is 18.2 Å². The molecule has 1 nitrogen and oxygen atoms in total. The van der Waals surface area contributed by atoms with Gasteiger partial charge in [0.05, 0.1) is 7.11 Å². The molecule has 1 aromatic carbocycles. The van der Waals surface area contributed by atoms with Crippen molar-refractivity contribution < 1.29 is 24.5 Å². The molecule has 0 aromatic heterocycles. The summed E-state index contributed by atoms with van der Waals surface area (Å²) in [5.41, 5.74) is 0. The van der Waals surface area contributed by atoms with Crippen molar-refractivity contribution in [1.82, 2.24) is 0 Å². The molecule has 0 amide bonds. The fourth-order valence-electron chi connectivity index (χ4n) is 0.557. The van der Waals surface area contributed by atoms with E-state index in [2.05, 4.69) is 0 Å². The Morgan fingerprint density at radius 3 is 1.73 bits per heavy atom. The van der Waals surface area contributed by atoms with Crippen molar-refractivity contribution >= 4 is 48.0 Å². The van der Waals surface area contributed by atoms with E-state index in [4.69, 9.17) is 4.74 Å². The summed E-state index contributed by atoms with van der Waals surface area (Å²) in [6, 6.07) is 9.68. The minimum atomic E-state index is 0. The molecule has 0 spiro atoms. The Hall–Kier alpha value is 1.12. The first-order valence-electron chi connectivity index (χ1n) is 2.52. The second kappa shape index (κ2) is 11.1. The van der Waals surface area contributed by atoms with Crippen LogP contribution in [0.15, 0.2) is 30.3 Å². The first kappa shape index (κ1) is 18.0. The Bertz CT molecular complexity index is 158. The molecule has 0 saturated carbocycles. The summed E-state index contributed by atoms with van der Waals surface area (Å²) in [4.78, 5) is 0. The van der Waals surface area contributed by atoms with E-state index >= 15 is 0 Å². The number of benzene rings is 1. The number of halogens is 2. The number of rotatable bonds is 1. The third kappa shape index (κ3) is 7.48. The molecule has 66 valence electrons. The standard InChI is InChI=1S/C7H8O.2HI.Os/c1-8-7-5-3-2-4-6-7;;;/h2-6H,1H3;2*1H;. The quantitative estimate of drug-likeness (QED) is 0.486. The minimum Gasteiger partial charge on any atom is -0.497 e. The van der Waals surface area contributed by atoms with Crippen LogP contribution in [0.5, 0.6) is 5.75 Å². The zero-order valence-corrected chi connectivity index (χ0v) is 13.2. The van der Waals surface area contributed by atoms with E-state index < -0.39 is 0 Å². The molecule has 0 unspecified atom stereocenters. The van der Waals surface area contributed by atoms with Crippen molar-refractivity contribution in [2.24, 2.45) is 0 Å². The average Bonchev–Trinajstić information content (AvgIpc) is 1.90. The van der Waals surface area contributed by atoms with Gasteiger partial charge in [0, 0.05) is 19.8 Å². The second-order valence-corrected chi connectivity index (χ2v) is 1.52. The molecule has 0 aliphatic carbocycles. The van der Waals surface area contributed by atoms with Gasteiger partial charge in [0.15, 0.2) is 0 Å². The molecule has 1 rings (SSSR count). The summed E-state index contributed by atoms with van der Waals surface area (Å²) in [5, 5.41) is 0. The van der Waals surface area contributed by atoms with Gasteiger partial charge in [-0.2, -0.15) is 0 Å². The van der Waals surface area contributed by atoms with Gasteiger partial charge in [-0.05, 0) is 12.1 Å². The third-order valence-corrected chi connectivity index (χ3v) is 0.979. The van der Waals surface area contributed by atoms with Crippen molar-refractivity contribution in [2.75, 3.05) is 7.11 Å². The van der Waals surface area contributed by atoms with Crippen LogP contribution in [0.4, 0.5) is 0 Å². The van der Waals surface area contributed by atoms with Gasteiger partial charge in [-0.3, -0.25) is 0 Å². The van der Waals surface area contributed by atoms with Crippen LogP contribution in [-0.4, -0.2) is 7.11 Å². The van der Waals surface area contributed by atoms with Crippen LogP contribution in [-0.2, 0) is 19.8 Å². The first-order chi connectivity index (χ1) is 3.93. The number of ether oxygens (including phenoxy) is 1. The molecule has 0 N–H and O–H groups in total. The number of hydrogen-bond donors (Lipinski definition) is 0. The van der Waals surface area contributed by atoms with Crippen LogP contribution in [0.25, 0.3) is 0 Å². The molecule has 11 heavy (non-hydrogen) atoms. The third-order valence-electron chi connectivity index (χ3n) is 0.979. The van der Waals surface area contributed by atoms with E-state index in [0.717, 1.165) is 5.75 Å². The van der Waals surface area contributed by atoms with Gasteiger partial charge in [0.1, 0.15) is 5.75 Å². The molecule has 0 heterocycles. The minimum absolute atomic E-state index is 0. The van der Waals surface area contributed by atoms with Crippen molar-refractivity contribution in [1.29, 1.82) is 0 Å². The van der Waals surface area contributed by atoms with Crippen LogP contribution < -0.4 is 4.74 Å². The molecule has 0 bridgehead atoms. The van der Waals surface area contributed by atoms with Crippen molar-refractivity contribution in [3.63, 3.8) is 0 Å². The zero-order chi connectivity index (χ0) is 5.82. The molecule has 0 saturated heterocycles. The van der Waals surface area contributed by atoms with Crippen molar-refractivity contribution in [2.45, 2.75) is 0 Å². The van der Waals surface area contributed by atoms with E-state index in [1.54, 1.807) is 7.11 Å². The molecule has 0 aliphatic heterocycles. The van der Waals surface area contributed by atoms with Crippen LogP contribution in [0.2, 0.25) is 0 Å². The Kier molecular flexibility index (Phi) is 18.2. The van der Waals surface area contributed by atoms with Crippen molar-refractivity contribution in [3.05, 3.63) is 30.3 Å².